The van der Waals surface area contributed by atoms with Crippen LogP contribution in [-0.4, -0.2) is 16.1 Å². The molecule has 0 radical (unpaired) electrons. The summed E-state index contributed by atoms with van der Waals surface area (Å²) in [4.78, 5) is 0. The van der Waals surface area contributed by atoms with Crippen molar-refractivity contribution in [1.29, 1.82) is 0 Å². The molecule has 0 aromatic rings. The monoisotopic (exact) mass is 426 g/mol. The van der Waals surface area contributed by atoms with Crippen LogP contribution in [0.1, 0.15) is 83.1 Å². The third kappa shape index (κ3) is 6.68. The maximum absolute atomic E-state index is 7.51. The normalized spacial score (nSPS) is 12.2. The summed E-state index contributed by atoms with van der Waals surface area (Å²) in [6, 6.07) is 0. The van der Waals surface area contributed by atoms with E-state index in [1.54, 1.807) is 0 Å². The van der Waals surface area contributed by atoms with E-state index in [1.807, 2.05) is 0 Å². The van der Waals surface area contributed by atoms with Crippen LogP contribution < -0.4 is 0 Å². The predicted molar refractivity (Wildman–Crippen MR) is 116 cm³/mol. The Morgan fingerprint density at radius 1 is 0.440 bits per heavy atom. The molecule has 0 nitrogen and oxygen atoms in total. The fourth-order valence-electron chi connectivity index (χ4n) is 4.87. The molecule has 0 amide bonds. The van der Waals surface area contributed by atoms with Gasteiger partial charge in [-0.2, -0.15) is 0 Å². The molecule has 0 aliphatic carbocycles. The van der Waals surface area contributed by atoms with Gasteiger partial charge >= 0.3 is 19.5 Å². The Balaban J connectivity index is -0.000000372. The van der Waals surface area contributed by atoms with Crippen LogP contribution in [0, 0.1) is 23.9 Å². The molecule has 0 rings (SSSR count). The molecule has 140 valence electrons. The van der Waals surface area contributed by atoms with E-state index in [2.05, 4.69) is 94.2 Å². The van der Waals surface area contributed by atoms with Gasteiger partial charge in [0.25, 0.3) is 0 Å². The first-order valence-corrected chi connectivity index (χ1v) is 14.1. The average molecular weight is 428 g/mol. The molecular formula is C22H42Si2Zn. The van der Waals surface area contributed by atoms with E-state index in [9.17, 15) is 0 Å². The van der Waals surface area contributed by atoms with Gasteiger partial charge in [0.15, 0.2) is 0 Å². The Hall–Kier alpha value is 0.177. The van der Waals surface area contributed by atoms with Crippen LogP contribution in [0.25, 0.3) is 0 Å². The van der Waals surface area contributed by atoms with Crippen LogP contribution in [0.3, 0.4) is 0 Å². The van der Waals surface area contributed by atoms with Gasteiger partial charge in [-0.25, -0.2) is 0 Å². The van der Waals surface area contributed by atoms with Crippen molar-refractivity contribution < 1.29 is 19.5 Å². The molecule has 0 aliphatic rings. The van der Waals surface area contributed by atoms with Crippen LogP contribution in [0.15, 0.2) is 0 Å². The van der Waals surface area contributed by atoms with E-state index in [0.29, 0.717) is 33.2 Å². The van der Waals surface area contributed by atoms with Gasteiger partial charge in [0.05, 0.1) is 16.1 Å². The largest absolute Gasteiger partial charge is 2.00 e. The van der Waals surface area contributed by atoms with Gasteiger partial charge in [-0.3, -0.25) is 0 Å². The van der Waals surface area contributed by atoms with Crippen LogP contribution in [0.5, 0.6) is 0 Å². The molecule has 0 atom stereocenters. The van der Waals surface area contributed by atoms with Crippen LogP contribution in [-0.2, 0) is 19.5 Å². The van der Waals surface area contributed by atoms with Crippen molar-refractivity contribution in [3.05, 3.63) is 12.8 Å². The summed E-state index contributed by atoms with van der Waals surface area (Å²) in [5.41, 5.74) is 9.61. The van der Waals surface area contributed by atoms with Gasteiger partial charge in [-0.15, -0.1) is 0 Å². The smallest absolute Gasteiger partial charge is 0.701 e. The minimum Gasteiger partial charge on any atom is -0.701 e. The molecule has 0 aromatic carbocycles. The molecular weight excluding hydrogens is 386 g/mol. The second-order valence-corrected chi connectivity index (χ2v) is 20.2. The van der Waals surface area contributed by atoms with E-state index in [0.717, 1.165) is 0 Å². The zero-order chi connectivity index (χ0) is 19.9. The van der Waals surface area contributed by atoms with Crippen LogP contribution in [0.4, 0.5) is 0 Å². The fraction of sp³-hybridized carbons (Fsp3) is 0.818. The second-order valence-electron chi connectivity index (χ2n) is 9.04. The summed E-state index contributed by atoms with van der Waals surface area (Å²) in [6.07, 6.45) is 15.0. The third-order valence-corrected chi connectivity index (χ3v) is 18.5. The zero-order valence-corrected chi connectivity index (χ0v) is 24.1. The quantitative estimate of drug-likeness (QED) is 0.232. The first-order chi connectivity index (χ1) is 10.8. The van der Waals surface area contributed by atoms with E-state index in [4.69, 9.17) is 12.8 Å². The van der Waals surface area contributed by atoms with E-state index in [-0.39, 0.29) is 19.5 Å². The van der Waals surface area contributed by atoms with Crippen molar-refractivity contribution in [2.75, 3.05) is 0 Å². The molecule has 25 heavy (non-hydrogen) atoms. The van der Waals surface area contributed by atoms with Crippen molar-refractivity contribution in [2.24, 2.45) is 0 Å². The summed E-state index contributed by atoms with van der Waals surface area (Å²) in [6.45, 7) is 26.9. The average Bonchev–Trinajstić information content (AvgIpc) is 2.39. The number of rotatable bonds is 6. The number of hydrogen-bond acceptors (Lipinski definition) is 0. The minimum absolute atomic E-state index is 0. The zero-order valence-electron chi connectivity index (χ0n) is 19.2. The SMILES string of the molecule is [C-]#C[Si](C(C)C)(C(C)C)C(C)C.[C-]#C[Si](C(C)C)(C(C)C)C(C)C.[Zn+2]. The number of hydrogen-bond donors (Lipinski definition) is 0. The van der Waals surface area contributed by atoms with Crippen molar-refractivity contribution >= 4 is 16.1 Å². The Kier molecular flexibility index (Phi) is 15.0. The summed E-state index contributed by atoms with van der Waals surface area (Å²) in [5, 5.41) is 0. The maximum Gasteiger partial charge on any atom is 2.00 e. The first-order valence-electron chi connectivity index (χ1n) is 9.66. The summed E-state index contributed by atoms with van der Waals surface area (Å²) < 4.78 is 0. The Labute approximate surface area is 175 Å². The van der Waals surface area contributed by atoms with Gasteiger partial charge in [-0.1, -0.05) is 83.1 Å². The molecule has 0 saturated heterocycles. The van der Waals surface area contributed by atoms with Crippen LogP contribution in [0.2, 0.25) is 33.2 Å². The van der Waals surface area contributed by atoms with E-state index >= 15 is 0 Å². The molecule has 0 aliphatic heterocycles. The fourth-order valence-corrected chi connectivity index (χ4v) is 14.6. The maximum atomic E-state index is 7.51. The molecule has 0 aromatic heterocycles. The molecule has 0 unspecified atom stereocenters. The second kappa shape index (κ2) is 12.5. The van der Waals surface area contributed by atoms with Gasteiger partial charge in [-0.05, 0) is 33.2 Å². The summed E-state index contributed by atoms with van der Waals surface area (Å²) >= 11 is 0. The molecule has 0 N–H and O–H groups in total. The van der Waals surface area contributed by atoms with E-state index in [1.165, 1.54) is 0 Å². The minimum atomic E-state index is -1.58. The molecule has 0 spiro atoms. The van der Waals surface area contributed by atoms with Gasteiger partial charge in [0, 0.05) is 0 Å². The van der Waals surface area contributed by atoms with Crippen molar-refractivity contribution in [2.45, 2.75) is 116 Å². The first kappa shape index (κ1) is 29.9. The van der Waals surface area contributed by atoms with Crippen molar-refractivity contribution in [1.82, 2.24) is 0 Å². The van der Waals surface area contributed by atoms with Crippen molar-refractivity contribution in [3.8, 4) is 11.1 Å². The van der Waals surface area contributed by atoms with Gasteiger partial charge in [0.1, 0.15) is 0 Å². The molecule has 0 fully saturated rings. The summed E-state index contributed by atoms with van der Waals surface area (Å²) in [7, 11) is -3.17. The third-order valence-electron chi connectivity index (χ3n) is 6.17. The Bertz CT molecular complexity index is 348. The van der Waals surface area contributed by atoms with Gasteiger partial charge < -0.3 is 23.9 Å². The standard InChI is InChI=1S/2C11H21Si.Zn/c2*1-8-12(9(2)3,10(4)5)11(6)7;/h2*9-11H,2-7H3;/q2*-1;+2. The molecule has 0 saturated carbocycles. The Morgan fingerprint density at radius 2 is 0.560 bits per heavy atom. The summed E-state index contributed by atoms with van der Waals surface area (Å²) in [5.74, 6) is 0. The molecule has 0 bridgehead atoms. The molecule has 3 heteroatoms. The van der Waals surface area contributed by atoms with Crippen molar-refractivity contribution in [3.63, 3.8) is 0 Å². The van der Waals surface area contributed by atoms with Crippen LogP contribution >= 0.6 is 0 Å². The van der Waals surface area contributed by atoms with Gasteiger partial charge in [0.2, 0.25) is 0 Å². The van der Waals surface area contributed by atoms with E-state index < -0.39 is 16.1 Å². The predicted octanol–water partition coefficient (Wildman–Crippen LogP) is 7.59. The Morgan fingerprint density at radius 3 is 0.560 bits per heavy atom. The topological polar surface area (TPSA) is 0 Å². The molecule has 0 heterocycles.